The van der Waals surface area contributed by atoms with E-state index in [1.165, 1.54) is 0 Å². The average molecular weight is 263 g/mol. The Labute approximate surface area is 108 Å². The second-order valence-electron chi connectivity index (χ2n) is 3.78. The first-order chi connectivity index (χ1) is 9.11. The predicted octanol–water partition coefficient (Wildman–Crippen LogP) is 2.50. The Bertz CT molecular complexity index is 579. The van der Waals surface area contributed by atoms with Crippen LogP contribution in [0, 0.1) is 11.6 Å². The molecule has 0 bridgehead atoms. The van der Waals surface area contributed by atoms with Crippen LogP contribution in [0.3, 0.4) is 0 Å². The highest BCUT2D eigenvalue weighted by Gasteiger charge is 2.14. The molecule has 2 rings (SSSR count). The predicted molar refractivity (Wildman–Crippen MR) is 68.6 cm³/mol. The number of carbonyl (C=O) groups excluding carboxylic acids is 1. The molecule has 0 heterocycles. The number of halogens is 2. The number of hydrazine groups is 1. The van der Waals surface area contributed by atoms with Crippen LogP contribution >= 0.6 is 0 Å². The summed E-state index contributed by atoms with van der Waals surface area (Å²) in [4.78, 5) is 11.8. The highest BCUT2D eigenvalue weighted by Crippen LogP contribution is 2.20. The molecule has 0 aliphatic heterocycles. The third-order valence-corrected chi connectivity index (χ3v) is 2.48. The fourth-order valence-corrected chi connectivity index (χ4v) is 1.57. The van der Waals surface area contributed by atoms with E-state index >= 15 is 0 Å². The molecule has 0 aliphatic rings. The summed E-state index contributed by atoms with van der Waals surface area (Å²) in [5.74, 6) is 2.51. The first-order valence-corrected chi connectivity index (χ1v) is 5.44. The van der Waals surface area contributed by atoms with Gasteiger partial charge in [0.15, 0.2) is 11.6 Å². The van der Waals surface area contributed by atoms with Crippen LogP contribution in [0.4, 0.5) is 20.2 Å². The SMILES string of the molecule is NNc1c(F)cc(C(=O)Nc2ccccc2)cc1F. The van der Waals surface area contributed by atoms with Crippen molar-refractivity contribution in [3.8, 4) is 0 Å². The molecule has 0 aliphatic carbocycles. The summed E-state index contributed by atoms with van der Waals surface area (Å²) >= 11 is 0. The van der Waals surface area contributed by atoms with E-state index in [-0.39, 0.29) is 5.56 Å². The standard InChI is InChI=1S/C13H11F2N3O/c14-10-6-8(7-11(15)12(10)18-16)13(19)17-9-4-2-1-3-5-9/h1-7,18H,16H2,(H,17,19). The van der Waals surface area contributed by atoms with Gasteiger partial charge < -0.3 is 10.7 Å². The second kappa shape index (κ2) is 5.45. The molecule has 0 atom stereocenters. The van der Waals surface area contributed by atoms with Crippen molar-refractivity contribution < 1.29 is 13.6 Å². The van der Waals surface area contributed by atoms with Crippen molar-refractivity contribution in [1.82, 2.24) is 0 Å². The van der Waals surface area contributed by atoms with Crippen LogP contribution in [0.2, 0.25) is 0 Å². The molecule has 0 radical (unpaired) electrons. The average Bonchev–Trinajstić information content (AvgIpc) is 2.39. The number of nitrogen functional groups attached to an aromatic ring is 1. The summed E-state index contributed by atoms with van der Waals surface area (Å²) in [7, 11) is 0. The van der Waals surface area contributed by atoms with Gasteiger partial charge in [0.2, 0.25) is 0 Å². The van der Waals surface area contributed by atoms with Gasteiger partial charge in [0.25, 0.3) is 5.91 Å². The lowest BCUT2D eigenvalue weighted by molar-refractivity contribution is 0.102. The number of nitrogens with two attached hydrogens (primary N) is 1. The lowest BCUT2D eigenvalue weighted by Crippen LogP contribution is -2.15. The van der Waals surface area contributed by atoms with Gasteiger partial charge in [-0.25, -0.2) is 8.78 Å². The summed E-state index contributed by atoms with van der Waals surface area (Å²) in [6.45, 7) is 0. The van der Waals surface area contributed by atoms with Gasteiger partial charge in [0.05, 0.1) is 0 Å². The van der Waals surface area contributed by atoms with E-state index in [1.54, 1.807) is 30.3 Å². The normalized spacial score (nSPS) is 10.1. The number of benzene rings is 2. The quantitative estimate of drug-likeness (QED) is 0.588. The summed E-state index contributed by atoms with van der Waals surface area (Å²) in [6.07, 6.45) is 0. The molecule has 0 aromatic heterocycles. The molecule has 0 saturated carbocycles. The molecule has 0 fully saturated rings. The van der Waals surface area contributed by atoms with Gasteiger partial charge in [-0.2, -0.15) is 0 Å². The van der Waals surface area contributed by atoms with Crippen molar-refractivity contribution in [3.63, 3.8) is 0 Å². The lowest BCUT2D eigenvalue weighted by atomic mass is 10.1. The van der Waals surface area contributed by atoms with E-state index < -0.39 is 23.2 Å². The first-order valence-electron chi connectivity index (χ1n) is 5.44. The zero-order valence-corrected chi connectivity index (χ0v) is 9.78. The number of para-hydroxylation sites is 1. The van der Waals surface area contributed by atoms with E-state index in [1.807, 2.05) is 5.43 Å². The number of hydrogen-bond acceptors (Lipinski definition) is 3. The fraction of sp³-hybridized carbons (Fsp3) is 0. The van der Waals surface area contributed by atoms with Crippen molar-refractivity contribution in [2.45, 2.75) is 0 Å². The number of hydrogen-bond donors (Lipinski definition) is 3. The molecular weight excluding hydrogens is 252 g/mol. The zero-order valence-electron chi connectivity index (χ0n) is 9.78. The van der Waals surface area contributed by atoms with Crippen molar-refractivity contribution in [2.75, 3.05) is 10.7 Å². The summed E-state index contributed by atoms with van der Waals surface area (Å²) in [5, 5.41) is 2.53. The molecule has 2 aromatic carbocycles. The van der Waals surface area contributed by atoms with E-state index in [2.05, 4.69) is 5.32 Å². The third kappa shape index (κ3) is 2.86. The minimum Gasteiger partial charge on any atom is -0.322 e. The number of anilines is 2. The molecule has 0 unspecified atom stereocenters. The summed E-state index contributed by atoms with van der Waals surface area (Å²) in [5.41, 5.74) is 1.83. The van der Waals surface area contributed by atoms with Crippen molar-refractivity contribution >= 4 is 17.3 Å². The Morgan fingerprint density at radius 2 is 1.63 bits per heavy atom. The van der Waals surface area contributed by atoms with Gasteiger partial charge in [0, 0.05) is 11.3 Å². The van der Waals surface area contributed by atoms with E-state index in [4.69, 9.17) is 5.84 Å². The van der Waals surface area contributed by atoms with Crippen LogP contribution in [0.15, 0.2) is 42.5 Å². The molecule has 6 heteroatoms. The van der Waals surface area contributed by atoms with E-state index in [9.17, 15) is 13.6 Å². The number of carbonyl (C=O) groups is 1. The Balaban J connectivity index is 2.25. The molecule has 4 nitrogen and oxygen atoms in total. The molecule has 1 amide bonds. The van der Waals surface area contributed by atoms with Crippen LogP contribution in [0.1, 0.15) is 10.4 Å². The lowest BCUT2D eigenvalue weighted by Gasteiger charge is -2.08. The fourth-order valence-electron chi connectivity index (χ4n) is 1.57. The van der Waals surface area contributed by atoms with Crippen LogP contribution in [-0.2, 0) is 0 Å². The van der Waals surface area contributed by atoms with Gasteiger partial charge in [-0.15, -0.1) is 0 Å². The first kappa shape index (κ1) is 13.0. The van der Waals surface area contributed by atoms with E-state index in [0.29, 0.717) is 5.69 Å². The minimum absolute atomic E-state index is 0.127. The molecular formula is C13H11F2N3O. The topological polar surface area (TPSA) is 67.1 Å². The maximum Gasteiger partial charge on any atom is 0.255 e. The van der Waals surface area contributed by atoms with Gasteiger partial charge in [-0.1, -0.05) is 18.2 Å². The Morgan fingerprint density at radius 3 is 2.16 bits per heavy atom. The number of rotatable bonds is 3. The van der Waals surface area contributed by atoms with Crippen molar-refractivity contribution in [1.29, 1.82) is 0 Å². The maximum absolute atomic E-state index is 13.4. The number of nitrogens with one attached hydrogen (secondary N) is 2. The van der Waals surface area contributed by atoms with Crippen molar-refractivity contribution in [2.24, 2.45) is 5.84 Å². The monoisotopic (exact) mass is 263 g/mol. The van der Waals surface area contributed by atoms with Gasteiger partial charge in [-0.3, -0.25) is 10.6 Å². The molecule has 2 aromatic rings. The van der Waals surface area contributed by atoms with Gasteiger partial charge in [0.1, 0.15) is 5.69 Å². The highest BCUT2D eigenvalue weighted by atomic mass is 19.1. The van der Waals surface area contributed by atoms with Crippen LogP contribution in [0.5, 0.6) is 0 Å². The maximum atomic E-state index is 13.4. The minimum atomic E-state index is -0.930. The largest absolute Gasteiger partial charge is 0.322 e. The Morgan fingerprint density at radius 1 is 1.05 bits per heavy atom. The second-order valence-corrected chi connectivity index (χ2v) is 3.78. The molecule has 0 saturated heterocycles. The van der Waals surface area contributed by atoms with E-state index in [0.717, 1.165) is 12.1 Å². The highest BCUT2D eigenvalue weighted by molar-refractivity contribution is 6.04. The third-order valence-electron chi connectivity index (χ3n) is 2.48. The number of amides is 1. The van der Waals surface area contributed by atoms with Gasteiger partial charge in [-0.05, 0) is 24.3 Å². The van der Waals surface area contributed by atoms with Crippen molar-refractivity contribution in [3.05, 3.63) is 59.7 Å². The molecule has 0 spiro atoms. The van der Waals surface area contributed by atoms with Gasteiger partial charge >= 0.3 is 0 Å². The summed E-state index contributed by atoms with van der Waals surface area (Å²) < 4.78 is 26.9. The summed E-state index contributed by atoms with van der Waals surface area (Å²) in [6, 6.07) is 10.4. The zero-order chi connectivity index (χ0) is 13.8. The molecule has 19 heavy (non-hydrogen) atoms. The Hall–Kier alpha value is -2.47. The van der Waals surface area contributed by atoms with Crippen LogP contribution < -0.4 is 16.6 Å². The van der Waals surface area contributed by atoms with Crippen LogP contribution in [0.25, 0.3) is 0 Å². The molecule has 4 N–H and O–H groups in total. The molecule has 98 valence electrons. The Kier molecular flexibility index (Phi) is 3.72. The van der Waals surface area contributed by atoms with Crippen LogP contribution in [-0.4, -0.2) is 5.91 Å². The smallest absolute Gasteiger partial charge is 0.255 e.